The van der Waals surface area contributed by atoms with Crippen LogP contribution in [0.1, 0.15) is 18.6 Å². The fourth-order valence-electron chi connectivity index (χ4n) is 1.17. The van der Waals surface area contributed by atoms with E-state index in [9.17, 15) is 4.79 Å². The van der Waals surface area contributed by atoms with E-state index in [1.165, 1.54) is 0 Å². The predicted molar refractivity (Wildman–Crippen MR) is 59.9 cm³/mol. The third-order valence-electron chi connectivity index (χ3n) is 1.79. The molecular formula is C9H12BrN3O2. The second kappa shape index (κ2) is 5.09. The Morgan fingerprint density at radius 3 is 2.93 bits per heavy atom. The van der Waals surface area contributed by atoms with E-state index in [0.29, 0.717) is 12.2 Å². The first-order valence-electron chi connectivity index (χ1n) is 4.38. The molecule has 1 heterocycles. The number of primary amides is 1. The van der Waals surface area contributed by atoms with Gasteiger partial charge in [0.1, 0.15) is 5.82 Å². The molecule has 0 aliphatic heterocycles. The number of carbonyl (C=O) groups excluding carboxylic acids is 1. The van der Waals surface area contributed by atoms with Crippen LogP contribution in [0, 0.1) is 0 Å². The van der Waals surface area contributed by atoms with Crippen molar-refractivity contribution in [2.45, 2.75) is 13.0 Å². The lowest BCUT2D eigenvalue weighted by Crippen LogP contribution is -2.25. The number of ether oxygens (including phenoxy) is 1. The van der Waals surface area contributed by atoms with Crippen molar-refractivity contribution in [3.63, 3.8) is 0 Å². The van der Waals surface area contributed by atoms with Crippen LogP contribution in [0.4, 0.5) is 5.82 Å². The van der Waals surface area contributed by atoms with Gasteiger partial charge in [-0.25, -0.2) is 4.98 Å². The highest BCUT2D eigenvalue weighted by Gasteiger charge is 2.21. The number of rotatable bonds is 4. The molecule has 0 spiro atoms. The number of hydrogen-bond donors (Lipinski definition) is 2. The minimum Gasteiger partial charge on any atom is -0.383 e. The number of nitrogen functional groups attached to an aromatic ring is 1. The van der Waals surface area contributed by atoms with Crippen molar-refractivity contribution in [1.29, 1.82) is 0 Å². The third-order valence-corrected chi connectivity index (χ3v) is 2.22. The van der Waals surface area contributed by atoms with Crippen LogP contribution in [0.25, 0.3) is 0 Å². The van der Waals surface area contributed by atoms with Crippen molar-refractivity contribution in [3.8, 4) is 0 Å². The van der Waals surface area contributed by atoms with Crippen molar-refractivity contribution >= 4 is 27.7 Å². The molecule has 1 atom stereocenters. The number of halogens is 1. The van der Waals surface area contributed by atoms with Crippen LogP contribution in [0.3, 0.4) is 0 Å². The minimum atomic E-state index is -0.847. The maximum absolute atomic E-state index is 11.2. The summed E-state index contributed by atoms with van der Waals surface area (Å²) in [5, 5.41) is 0. The number of pyridine rings is 1. The average molecular weight is 274 g/mol. The number of aromatic nitrogens is 1. The number of carbonyl (C=O) groups is 1. The highest BCUT2D eigenvalue weighted by atomic mass is 79.9. The summed E-state index contributed by atoms with van der Waals surface area (Å²) in [7, 11) is 0. The van der Waals surface area contributed by atoms with Gasteiger partial charge in [0.2, 0.25) is 0 Å². The van der Waals surface area contributed by atoms with Crippen molar-refractivity contribution in [3.05, 3.63) is 22.3 Å². The Labute approximate surface area is 95.9 Å². The summed E-state index contributed by atoms with van der Waals surface area (Å²) in [6.07, 6.45) is 0.697. The lowest BCUT2D eigenvalue weighted by atomic mass is 10.1. The summed E-state index contributed by atoms with van der Waals surface area (Å²) in [5.41, 5.74) is 11.3. The molecular weight excluding hydrogens is 262 g/mol. The van der Waals surface area contributed by atoms with Gasteiger partial charge in [0.15, 0.2) is 6.10 Å². The molecule has 15 heavy (non-hydrogen) atoms. The Bertz CT molecular complexity index is 370. The molecule has 82 valence electrons. The number of hydrogen-bond acceptors (Lipinski definition) is 4. The van der Waals surface area contributed by atoms with E-state index in [1.807, 2.05) is 0 Å². The third kappa shape index (κ3) is 2.90. The molecule has 0 fully saturated rings. The smallest absolute Gasteiger partial charge is 0.251 e. The van der Waals surface area contributed by atoms with Crippen molar-refractivity contribution < 1.29 is 9.53 Å². The highest BCUT2D eigenvalue weighted by Crippen LogP contribution is 2.24. The lowest BCUT2D eigenvalue weighted by Gasteiger charge is -2.15. The normalized spacial score (nSPS) is 12.4. The molecule has 0 aliphatic carbocycles. The fraction of sp³-hybridized carbons (Fsp3) is 0.333. The maximum atomic E-state index is 11.2. The summed E-state index contributed by atoms with van der Waals surface area (Å²) >= 11 is 3.24. The lowest BCUT2D eigenvalue weighted by molar-refractivity contribution is -0.129. The van der Waals surface area contributed by atoms with Crippen LogP contribution >= 0.6 is 15.9 Å². The summed E-state index contributed by atoms with van der Waals surface area (Å²) < 4.78 is 5.93. The van der Waals surface area contributed by atoms with E-state index in [4.69, 9.17) is 16.2 Å². The van der Waals surface area contributed by atoms with E-state index in [0.717, 1.165) is 4.47 Å². The van der Waals surface area contributed by atoms with Crippen LogP contribution in [0.5, 0.6) is 0 Å². The Morgan fingerprint density at radius 2 is 2.40 bits per heavy atom. The first-order valence-corrected chi connectivity index (χ1v) is 5.17. The van der Waals surface area contributed by atoms with Gasteiger partial charge in [-0.2, -0.15) is 0 Å². The van der Waals surface area contributed by atoms with Gasteiger partial charge in [-0.15, -0.1) is 0 Å². The summed E-state index contributed by atoms with van der Waals surface area (Å²) in [6, 6.07) is 1.67. The van der Waals surface area contributed by atoms with Crippen LogP contribution in [0.2, 0.25) is 0 Å². The first-order chi connectivity index (χ1) is 7.06. The van der Waals surface area contributed by atoms with Crippen LogP contribution in [-0.2, 0) is 9.53 Å². The van der Waals surface area contributed by atoms with Crippen LogP contribution < -0.4 is 11.5 Å². The maximum Gasteiger partial charge on any atom is 0.251 e. The summed E-state index contributed by atoms with van der Waals surface area (Å²) in [4.78, 5) is 15.1. The molecule has 6 heteroatoms. The zero-order valence-corrected chi connectivity index (χ0v) is 9.82. The van der Waals surface area contributed by atoms with E-state index >= 15 is 0 Å². The van der Waals surface area contributed by atoms with Gasteiger partial charge in [-0.1, -0.05) is 0 Å². The van der Waals surface area contributed by atoms with Gasteiger partial charge >= 0.3 is 0 Å². The number of nitrogens with zero attached hydrogens (tertiary/aromatic N) is 1. The number of amides is 1. The van der Waals surface area contributed by atoms with Gasteiger partial charge in [-0.05, 0) is 28.9 Å². The first kappa shape index (κ1) is 11.9. The Balaban J connectivity index is 3.09. The zero-order chi connectivity index (χ0) is 11.4. The largest absolute Gasteiger partial charge is 0.383 e. The Hall–Kier alpha value is -1.14. The van der Waals surface area contributed by atoms with Crippen molar-refractivity contribution in [2.24, 2.45) is 5.73 Å². The van der Waals surface area contributed by atoms with Gasteiger partial charge in [-0.3, -0.25) is 4.79 Å². The fourth-order valence-corrected chi connectivity index (χ4v) is 1.52. The average Bonchev–Trinajstić information content (AvgIpc) is 2.18. The standard InChI is InChI=1S/C9H12BrN3O2/c1-2-15-7(9(12)14)6-3-5(10)4-13-8(6)11/h3-4,7H,2H2,1H3,(H2,11,13)(H2,12,14). The molecule has 1 aromatic rings. The molecule has 4 N–H and O–H groups in total. The molecule has 0 bridgehead atoms. The molecule has 1 rings (SSSR count). The van der Waals surface area contributed by atoms with Crippen molar-refractivity contribution in [2.75, 3.05) is 12.3 Å². The van der Waals surface area contributed by atoms with E-state index in [-0.39, 0.29) is 5.82 Å². The summed E-state index contributed by atoms with van der Waals surface area (Å²) in [6.45, 7) is 2.15. The molecule has 0 saturated carbocycles. The van der Waals surface area contributed by atoms with Gasteiger partial charge in [0.05, 0.1) is 0 Å². The summed E-state index contributed by atoms with van der Waals surface area (Å²) in [5.74, 6) is -0.334. The number of anilines is 1. The van der Waals surface area contributed by atoms with Gasteiger partial charge in [0.25, 0.3) is 5.91 Å². The predicted octanol–water partition coefficient (Wildman–Crippen LogP) is 0.989. The molecule has 0 aliphatic rings. The monoisotopic (exact) mass is 273 g/mol. The zero-order valence-electron chi connectivity index (χ0n) is 8.24. The Morgan fingerprint density at radius 1 is 1.73 bits per heavy atom. The molecule has 0 radical (unpaired) electrons. The number of nitrogens with two attached hydrogens (primary N) is 2. The molecule has 1 aromatic heterocycles. The molecule has 1 amide bonds. The minimum absolute atomic E-state index is 0.246. The van der Waals surface area contributed by atoms with Gasteiger partial charge in [0, 0.05) is 22.8 Å². The van der Waals surface area contributed by atoms with E-state index < -0.39 is 12.0 Å². The highest BCUT2D eigenvalue weighted by molar-refractivity contribution is 9.10. The van der Waals surface area contributed by atoms with E-state index in [1.54, 1.807) is 19.2 Å². The molecule has 0 aromatic carbocycles. The second-order valence-electron chi connectivity index (χ2n) is 2.87. The second-order valence-corrected chi connectivity index (χ2v) is 3.78. The molecule has 1 unspecified atom stereocenters. The van der Waals surface area contributed by atoms with Crippen LogP contribution in [-0.4, -0.2) is 17.5 Å². The topological polar surface area (TPSA) is 91.2 Å². The molecule has 0 saturated heterocycles. The quantitative estimate of drug-likeness (QED) is 0.856. The molecule has 5 nitrogen and oxygen atoms in total. The van der Waals surface area contributed by atoms with E-state index in [2.05, 4.69) is 20.9 Å². The Kier molecular flexibility index (Phi) is 4.05. The SMILES string of the molecule is CCOC(C(N)=O)c1cc(Br)cnc1N. The van der Waals surface area contributed by atoms with Crippen molar-refractivity contribution in [1.82, 2.24) is 4.98 Å². The van der Waals surface area contributed by atoms with Crippen LogP contribution in [0.15, 0.2) is 16.7 Å². The van der Waals surface area contributed by atoms with Gasteiger partial charge < -0.3 is 16.2 Å².